The molecule has 7 nitrogen and oxygen atoms in total. The normalized spacial score (nSPS) is 10.7. The summed E-state index contributed by atoms with van der Waals surface area (Å²) in [5, 5.41) is 3.37. The van der Waals surface area contributed by atoms with E-state index in [0.717, 1.165) is 10.9 Å². The monoisotopic (exact) mass is 409 g/mol. The predicted molar refractivity (Wildman–Crippen MR) is 113 cm³/mol. The van der Waals surface area contributed by atoms with Crippen LogP contribution in [0.25, 0.3) is 11.0 Å². The van der Waals surface area contributed by atoms with E-state index in [4.69, 9.17) is 13.9 Å². The maximum absolute atomic E-state index is 12.2. The SMILES string of the molecule is COc1ccc(C(=O)CNC(=O)COc2ccc3c(C)c(C)c(=O)oc3c2C)cc1. The van der Waals surface area contributed by atoms with Crippen molar-refractivity contribution in [3.63, 3.8) is 0 Å². The first-order valence-corrected chi connectivity index (χ1v) is 9.42. The Morgan fingerprint density at radius 1 is 0.967 bits per heavy atom. The van der Waals surface area contributed by atoms with Gasteiger partial charge in [0.25, 0.3) is 5.91 Å². The Morgan fingerprint density at radius 2 is 1.67 bits per heavy atom. The van der Waals surface area contributed by atoms with Crippen molar-refractivity contribution in [2.75, 3.05) is 20.3 Å². The molecule has 156 valence electrons. The van der Waals surface area contributed by atoms with E-state index in [0.29, 0.717) is 33.8 Å². The molecule has 0 aliphatic heterocycles. The number of carbonyl (C=O) groups is 2. The fourth-order valence-electron chi connectivity index (χ4n) is 3.03. The van der Waals surface area contributed by atoms with Crippen LogP contribution in [-0.4, -0.2) is 32.0 Å². The van der Waals surface area contributed by atoms with Crippen LogP contribution < -0.4 is 20.4 Å². The molecule has 0 radical (unpaired) electrons. The Bertz CT molecular complexity index is 1160. The molecule has 1 aromatic heterocycles. The molecule has 0 bridgehead atoms. The smallest absolute Gasteiger partial charge is 0.339 e. The first-order chi connectivity index (χ1) is 14.3. The first-order valence-electron chi connectivity index (χ1n) is 9.42. The lowest BCUT2D eigenvalue weighted by Gasteiger charge is -2.12. The van der Waals surface area contributed by atoms with Gasteiger partial charge in [-0.3, -0.25) is 9.59 Å². The van der Waals surface area contributed by atoms with E-state index in [1.807, 2.05) is 6.92 Å². The third-order valence-electron chi connectivity index (χ3n) is 5.04. The van der Waals surface area contributed by atoms with E-state index < -0.39 is 11.5 Å². The Morgan fingerprint density at radius 3 is 2.33 bits per heavy atom. The summed E-state index contributed by atoms with van der Waals surface area (Å²) in [4.78, 5) is 36.2. The van der Waals surface area contributed by atoms with Crippen molar-refractivity contribution in [1.82, 2.24) is 5.32 Å². The van der Waals surface area contributed by atoms with E-state index in [9.17, 15) is 14.4 Å². The van der Waals surface area contributed by atoms with Gasteiger partial charge in [-0.15, -0.1) is 0 Å². The summed E-state index contributed by atoms with van der Waals surface area (Å²) in [6.07, 6.45) is 0. The third kappa shape index (κ3) is 4.35. The maximum atomic E-state index is 12.2. The van der Waals surface area contributed by atoms with Crippen LogP contribution in [0.1, 0.15) is 27.0 Å². The number of fused-ring (bicyclic) bond motifs is 1. The molecule has 2 aromatic carbocycles. The number of benzene rings is 2. The molecule has 7 heteroatoms. The molecule has 3 rings (SSSR count). The molecular weight excluding hydrogens is 386 g/mol. The number of carbonyl (C=O) groups excluding carboxylic acids is 2. The Balaban J connectivity index is 1.62. The van der Waals surface area contributed by atoms with Crippen LogP contribution >= 0.6 is 0 Å². The summed E-state index contributed by atoms with van der Waals surface area (Å²) in [5.74, 6) is 0.430. The predicted octanol–water partition coefficient (Wildman–Crippen LogP) is 3.10. The molecule has 0 saturated heterocycles. The minimum absolute atomic E-state index is 0.140. The van der Waals surface area contributed by atoms with Gasteiger partial charge in [-0.05, 0) is 62.7 Å². The van der Waals surface area contributed by atoms with Crippen LogP contribution in [0.4, 0.5) is 0 Å². The molecule has 0 fully saturated rings. The van der Waals surface area contributed by atoms with Crippen molar-refractivity contribution in [3.05, 3.63) is 69.1 Å². The van der Waals surface area contributed by atoms with Crippen LogP contribution in [0.5, 0.6) is 11.5 Å². The topological polar surface area (TPSA) is 94.8 Å². The summed E-state index contributed by atoms with van der Waals surface area (Å²) in [6, 6.07) is 10.2. The number of hydrogen-bond acceptors (Lipinski definition) is 6. The first kappa shape index (κ1) is 21.1. The van der Waals surface area contributed by atoms with E-state index in [1.54, 1.807) is 57.4 Å². The molecule has 0 atom stereocenters. The van der Waals surface area contributed by atoms with Gasteiger partial charge >= 0.3 is 5.63 Å². The highest BCUT2D eigenvalue weighted by molar-refractivity contribution is 5.99. The molecule has 1 heterocycles. The van der Waals surface area contributed by atoms with Crippen LogP contribution in [0, 0.1) is 20.8 Å². The zero-order valence-corrected chi connectivity index (χ0v) is 17.3. The van der Waals surface area contributed by atoms with Crippen molar-refractivity contribution in [3.8, 4) is 11.5 Å². The van der Waals surface area contributed by atoms with Crippen molar-refractivity contribution < 1.29 is 23.5 Å². The van der Waals surface area contributed by atoms with Crippen LogP contribution in [-0.2, 0) is 4.79 Å². The van der Waals surface area contributed by atoms with Crippen LogP contribution in [0.2, 0.25) is 0 Å². The van der Waals surface area contributed by atoms with Gasteiger partial charge in [-0.1, -0.05) is 0 Å². The average molecular weight is 409 g/mol. The van der Waals surface area contributed by atoms with Gasteiger partial charge in [-0.2, -0.15) is 0 Å². The summed E-state index contributed by atoms with van der Waals surface area (Å²) >= 11 is 0. The number of hydrogen-bond donors (Lipinski definition) is 1. The fraction of sp³-hybridized carbons (Fsp3) is 0.261. The Kier molecular flexibility index (Phi) is 6.20. The second kappa shape index (κ2) is 8.82. The summed E-state index contributed by atoms with van der Waals surface area (Å²) in [6.45, 7) is 4.94. The van der Waals surface area contributed by atoms with Crippen molar-refractivity contribution in [2.45, 2.75) is 20.8 Å². The highest BCUT2D eigenvalue weighted by Crippen LogP contribution is 2.29. The third-order valence-corrected chi connectivity index (χ3v) is 5.04. The van der Waals surface area contributed by atoms with E-state index in [2.05, 4.69) is 5.32 Å². The van der Waals surface area contributed by atoms with Gasteiger partial charge in [0, 0.05) is 22.1 Å². The standard InChI is InChI=1S/C23H23NO6/c1-13-14(2)23(27)30-22-15(3)20(10-9-18(13)22)29-12-21(26)24-11-19(25)16-5-7-17(28-4)8-6-16/h5-10H,11-12H2,1-4H3,(H,24,26). The van der Waals surface area contributed by atoms with Gasteiger partial charge in [0.05, 0.1) is 13.7 Å². The largest absolute Gasteiger partial charge is 0.497 e. The van der Waals surface area contributed by atoms with Crippen LogP contribution in [0.15, 0.2) is 45.6 Å². The number of ketones is 1. The number of ether oxygens (including phenoxy) is 2. The van der Waals surface area contributed by atoms with Gasteiger partial charge in [-0.25, -0.2) is 4.79 Å². The number of rotatable bonds is 7. The van der Waals surface area contributed by atoms with Crippen LogP contribution in [0.3, 0.4) is 0 Å². The second-order valence-corrected chi connectivity index (χ2v) is 6.92. The van der Waals surface area contributed by atoms with E-state index in [-0.39, 0.29) is 18.9 Å². The van der Waals surface area contributed by atoms with Gasteiger partial charge in [0.2, 0.25) is 0 Å². The quantitative estimate of drug-likeness (QED) is 0.476. The zero-order chi connectivity index (χ0) is 21.8. The van der Waals surface area contributed by atoms with Crippen molar-refractivity contribution in [2.24, 2.45) is 0 Å². The Labute approximate surface area is 173 Å². The lowest BCUT2D eigenvalue weighted by molar-refractivity contribution is -0.122. The molecule has 30 heavy (non-hydrogen) atoms. The van der Waals surface area contributed by atoms with E-state index in [1.165, 1.54) is 0 Å². The highest BCUT2D eigenvalue weighted by atomic mass is 16.5. The number of amides is 1. The lowest BCUT2D eigenvalue weighted by atomic mass is 10.0. The van der Waals surface area contributed by atoms with Crippen molar-refractivity contribution >= 4 is 22.7 Å². The molecule has 0 aliphatic rings. The highest BCUT2D eigenvalue weighted by Gasteiger charge is 2.14. The average Bonchev–Trinajstić information content (AvgIpc) is 2.76. The van der Waals surface area contributed by atoms with Crippen molar-refractivity contribution in [1.29, 1.82) is 0 Å². The minimum atomic E-state index is -0.433. The Hall–Kier alpha value is -3.61. The number of methoxy groups -OCH3 is 1. The summed E-state index contributed by atoms with van der Waals surface area (Å²) < 4.78 is 16.0. The molecule has 1 amide bonds. The second-order valence-electron chi connectivity index (χ2n) is 6.92. The number of Topliss-reactive ketones (excluding diaryl/α,β-unsaturated/α-hetero) is 1. The molecular formula is C23H23NO6. The number of aryl methyl sites for hydroxylation is 2. The zero-order valence-electron chi connectivity index (χ0n) is 17.3. The van der Waals surface area contributed by atoms with Gasteiger partial charge in [0.1, 0.15) is 17.1 Å². The number of nitrogens with one attached hydrogen (secondary N) is 1. The maximum Gasteiger partial charge on any atom is 0.339 e. The molecule has 3 aromatic rings. The summed E-state index contributed by atoms with van der Waals surface area (Å²) in [5.41, 5.74) is 2.57. The lowest BCUT2D eigenvalue weighted by Crippen LogP contribution is -2.33. The van der Waals surface area contributed by atoms with Gasteiger partial charge in [0.15, 0.2) is 12.4 Å². The summed E-state index contributed by atoms with van der Waals surface area (Å²) in [7, 11) is 1.55. The van der Waals surface area contributed by atoms with E-state index >= 15 is 0 Å². The molecule has 1 N–H and O–H groups in total. The minimum Gasteiger partial charge on any atom is -0.497 e. The molecule has 0 aliphatic carbocycles. The molecule has 0 unspecified atom stereocenters. The fourth-order valence-corrected chi connectivity index (χ4v) is 3.03. The molecule has 0 spiro atoms. The van der Waals surface area contributed by atoms with Gasteiger partial charge < -0.3 is 19.2 Å². The molecule has 0 saturated carbocycles.